The molecule has 1 aromatic carbocycles. The highest BCUT2D eigenvalue weighted by atomic mass is 16.7. The second-order valence-corrected chi connectivity index (χ2v) is 19.1. The lowest BCUT2D eigenvalue weighted by Crippen LogP contribution is -2.47. The highest BCUT2D eigenvalue weighted by molar-refractivity contribution is 5.70. The van der Waals surface area contributed by atoms with E-state index in [0.717, 1.165) is 106 Å². The van der Waals surface area contributed by atoms with Crippen LogP contribution in [-0.4, -0.2) is 68.7 Å². The van der Waals surface area contributed by atoms with E-state index in [1.165, 1.54) is 70.6 Å². The van der Waals surface area contributed by atoms with Crippen molar-refractivity contribution < 1.29 is 42.8 Å². The molecule has 5 aliphatic rings. The molecular weight excluding hydrogens is 759 g/mol. The van der Waals surface area contributed by atoms with Gasteiger partial charge in [0.15, 0.2) is 6.29 Å². The predicted octanol–water partition coefficient (Wildman–Crippen LogP) is 11.6. The highest BCUT2D eigenvalue weighted by Crippen LogP contribution is 2.61. The number of hydrogen-bond donors (Lipinski definition) is 0. The maximum absolute atomic E-state index is 13.3. The van der Waals surface area contributed by atoms with Crippen LogP contribution in [0.1, 0.15) is 185 Å². The summed E-state index contributed by atoms with van der Waals surface area (Å²) in [6, 6.07) is 5.67. The zero-order valence-electron chi connectivity index (χ0n) is 37.9. The largest absolute Gasteiger partial charge is 0.508 e. The first-order valence-electron chi connectivity index (χ1n) is 24.4. The smallest absolute Gasteiger partial charge is 0.461 e. The Hall–Kier alpha value is -2.69. The lowest BCUT2D eigenvalue weighted by atomic mass is 9.49. The van der Waals surface area contributed by atoms with E-state index in [9.17, 15) is 14.4 Å². The average molecular weight is 840 g/mol. The molecule has 6 rings (SSSR count). The van der Waals surface area contributed by atoms with Gasteiger partial charge in [0.05, 0.1) is 19.4 Å². The maximum Gasteiger partial charge on any atom is 0.508 e. The number of carbonyl (C=O) groups excluding carboxylic acids is 3. The summed E-state index contributed by atoms with van der Waals surface area (Å²) in [5.41, 5.74) is 2.32. The summed E-state index contributed by atoms with van der Waals surface area (Å²) in [5.74, 6) is 2.14. The molecule has 5 fully saturated rings. The van der Waals surface area contributed by atoms with Crippen molar-refractivity contribution in [3.05, 3.63) is 34.9 Å². The summed E-state index contributed by atoms with van der Waals surface area (Å²) in [5, 5.41) is 0. The van der Waals surface area contributed by atoms with E-state index >= 15 is 0 Å². The third kappa shape index (κ3) is 17.6. The van der Waals surface area contributed by atoms with Gasteiger partial charge in [0, 0.05) is 32.1 Å². The van der Waals surface area contributed by atoms with Crippen molar-refractivity contribution in [3.8, 4) is 0 Å². The predicted molar refractivity (Wildman–Crippen MR) is 234 cm³/mol. The van der Waals surface area contributed by atoms with Crippen LogP contribution in [0.15, 0.2) is 18.2 Å². The van der Waals surface area contributed by atoms with Crippen LogP contribution >= 0.6 is 0 Å². The molecule has 340 valence electrons. The quantitative estimate of drug-likeness (QED) is 0.0321. The fraction of sp³-hybridized carbons (Fsp3) is 0.820. The van der Waals surface area contributed by atoms with Gasteiger partial charge in [0.25, 0.3) is 0 Å². The van der Waals surface area contributed by atoms with Crippen LogP contribution in [-0.2, 0) is 57.8 Å². The second-order valence-electron chi connectivity index (χ2n) is 19.1. The van der Waals surface area contributed by atoms with Crippen molar-refractivity contribution in [2.75, 3.05) is 39.5 Å². The number of esters is 2. The van der Waals surface area contributed by atoms with Crippen molar-refractivity contribution >= 4 is 18.1 Å². The summed E-state index contributed by atoms with van der Waals surface area (Å²) in [7, 11) is 0. The number of unbranched alkanes of at least 4 members (excludes halogenated alkanes) is 10. The van der Waals surface area contributed by atoms with E-state index in [2.05, 4.69) is 25.7 Å². The molecule has 60 heavy (non-hydrogen) atoms. The average Bonchev–Trinajstić information content (AvgIpc) is 3.23. The van der Waals surface area contributed by atoms with Crippen molar-refractivity contribution in [1.82, 2.24) is 4.90 Å². The molecule has 0 aromatic heterocycles. The molecule has 0 radical (unpaired) electrons. The number of piperidine rings is 1. The van der Waals surface area contributed by atoms with Crippen LogP contribution in [0.2, 0.25) is 0 Å². The molecule has 1 aliphatic heterocycles. The molecule has 1 unspecified atom stereocenters. The summed E-state index contributed by atoms with van der Waals surface area (Å²) in [6.07, 6.45) is 23.8. The SMILES string of the molecule is CCCCCCCCOC(CCC(=O)OCc1cc(COC(=O)CC23CC4CC(CC(C4)C2)C3)cc(COC(=O)OCC2CCCN(CC)C2)c1)OCCCCCCCC. The Morgan fingerprint density at radius 1 is 0.667 bits per heavy atom. The van der Waals surface area contributed by atoms with Crippen molar-refractivity contribution in [2.24, 2.45) is 29.1 Å². The number of rotatable bonds is 30. The molecule has 1 aromatic rings. The third-order valence-corrected chi connectivity index (χ3v) is 13.6. The van der Waals surface area contributed by atoms with Crippen LogP contribution in [0.3, 0.4) is 0 Å². The molecule has 0 N–H and O–H groups in total. The summed E-state index contributed by atoms with van der Waals surface area (Å²) in [4.78, 5) is 41.5. The molecule has 0 amide bonds. The Morgan fingerprint density at radius 3 is 1.73 bits per heavy atom. The number of nitrogens with zero attached hydrogens (tertiary/aromatic N) is 1. The minimum atomic E-state index is -0.698. The van der Waals surface area contributed by atoms with E-state index < -0.39 is 12.4 Å². The summed E-state index contributed by atoms with van der Waals surface area (Å²) >= 11 is 0. The first kappa shape index (κ1) is 48.3. The van der Waals surface area contributed by atoms with Gasteiger partial charge in [0.2, 0.25) is 0 Å². The Labute approximate surface area is 362 Å². The fourth-order valence-electron chi connectivity index (χ4n) is 10.9. The Morgan fingerprint density at radius 2 is 1.18 bits per heavy atom. The van der Waals surface area contributed by atoms with E-state index in [1.54, 1.807) is 0 Å². The van der Waals surface area contributed by atoms with Gasteiger partial charge in [-0.2, -0.15) is 0 Å². The van der Waals surface area contributed by atoms with Gasteiger partial charge in [-0.05, 0) is 135 Å². The lowest BCUT2D eigenvalue weighted by Gasteiger charge is -2.56. The third-order valence-electron chi connectivity index (χ3n) is 13.6. The fourth-order valence-corrected chi connectivity index (χ4v) is 10.9. The van der Waals surface area contributed by atoms with Crippen molar-refractivity contribution in [1.29, 1.82) is 0 Å². The van der Waals surface area contributed by atoms with Gasteiger partial charge in [0.1, 0.15) is 19.8 Å². The molecule has 0 spiro atoms. The van der Waals surface area contributed by atoms with E-state index in [1.807, 2.05) is 18.2 Å². The molecule has 10 nitrogen and oxygen atoms in total. The number of ether oxygens (including phenoxy) is 6. The van der Waals surface area contributed by atoms with Gasteiger partial charge < -0.3 is 33.3 Å². The van der Waals surface area contributed by atoms with E-state index in [4.69, 9.17) is 28.4 Å². The second kappa shape index (κ2) is 26.7. The summed E-state index contributed by atoms with van der Waals surface area (Å²) < 4.78 is 35.1. The van der Waals surface area contributed by atoms with Gasteiger partial charge in [-0.15, -0.1) is 0 Å². The Balaban J connectivity index is 1.12. The first-order chi connectivity index (χ1) is 29.2. The molecule has 4 aliphatic carbocycles. The molecule has 1 saturated heterocycles. The molecular formula is C50H81NO9. The number of likely N-dealkylation sites (tertiary alicyclic amines) is 1. The van der Waals surface area contributed by atoms with E-state index in [-0.39, 0.29) is 43.6 Å². The lowest BCUT2D eigenvalue weighted by molar-refractivity contribution is -0.160. The molecule has 1 atom stereocenters. The van der Waals surface area contributed by atoms with Crippen LogP contribution in [0.25, 0.3) is 0 Å². The monoisotopic (exact) mass is 840 g/mol. The van der Waals surface area contributed by atoms with Crippen molar-refractivity contribution in [3.63, 3.8) is 0 Å². The highest BCUT2D eigenvalue weighted by Gasteiger charge is 2.51. The van der Waals surface area contributed by atoms with Crippen LogP contribution in [0.5, 0.6) is 0 Å². The van der Waals surface area contributed by atoms with Crippen LogP contribution < -0.4 is 0 Å². The zero-order valence-corrected chi connectivity index (χ0v) is 37.9. The van der Waals surface area contributed by atoms with E-state index in [0.29, 0.717) is 44.1 Å². The number of carbonyl (C=O) groups is 3. The van der Waals surface area contributed by atoms with Gasteiger partial charge in [-0.3, -0.25) is 9.59 Å². The zero-order chi connectivity index (χ0) is 42.4. The van der Waals surface area contributed by atoms with Gasteiger partial charge >= 0.3 is 18.1 Å². The Kier molecular flexibility index (Phi) is 21.5. The Bertz CT molecular complexity index is 1360. The summed E-state index contributed by atoms with van der Waals surface area (Å²) in [6.45, 7) is 11.3. The van der Waals surface area contributed by atoms with Gasteiger partial charge in [-0.25, -0.2) is 4.79 Å². The molecule has 1 heterocycles. The first-order valence-corrected chi connectivity index (χ1v) is 24.4. The number of hydrogen-bond acceptors (Lipinski definition) is 10. The normalized spacial score (nSPS) is 23.5. The topological polar surface area (TPSA) is 110 Å². The molecule has 4 bridgehead atoms. The van der Waals surface area contributed by atoms with Gasteiger partial charge in [-0.1, -0.05) is 85.0 Å². The minimum Gasteiger partial charge on any atom is -0.461 e. The number of benzene rings is 1. The standard InChI is InChI=1S/C50H81NO9/c1-4-7-9-11-13-15-22-55-48(56-23-16-14-12-10-8-5-2)20-19-46(52)57-36-43-27-44(37-58-47(53)33-50-30-40-24-41(31-50)26-42(25-40)32-50)29-45(28-43)38-60-49(54)59-35-39-18-17-21-51(6-3)34-39/h27-29,39-42,48H,4-26,30-38H2,1-3H3. The van der Waals surface area contributed by atoms with Crippen LogP contribution in [0, 0.1) is 29.1 Å². The van der Waals surface area contributed by atoms with Crippen LogP contribution in [0.4, 0.5) is 4.79 Å². The van der Waals surface area contributed by atoms with Crippen molar-refractivity contribution in [2.45, 2.75) is 195 Å². The molecule has 10 heteroatoms. The maximum atomic E-state index is 13.3. The minimum absolute atomic E-state index is 0.00579. The molecule has 4 saturated carbocycles.